The maximum absolute atomic E-state index is 14.6. The summed E-state index contributed by atoms with van der Waals surface area (Å²) in [6, 6.07) is 24.2. The maximum atomic E-state index is 14.6. The van der Waals surface area contributed by atoms with Crippen LogP contribution in [0.25, 0.3) is 11.3 Å². The number of para-hydroxylation sites is 1. The molecule has 1 aliphatic rings. The van der Waals surface area contributed by atoms with Crippen molar-refractivity contribution in [3.05, 3.63) is 107 Å². The second-order valence-electron chi connectivity index (χ2n) is 8.29. The van der Waals surface area contributed by atoms with Gasteiger partial charge in [-0.05, 0) is 73.2 Å². The topological polar surface area (TPSA) is 53.3 Å². The number of aromatic nitrogens is 1. The highest BCUT2D eigenvalue weighted by molar-refractivity contribution is 9.10. The third-order valence-electron chi connectivity index (χ3n) is 5.99. The van der Waals surface area contributed by atoms with Crippen LogP contribution >= 0.6 is 28.1 Å². The Hall–Kier alpha value is -3.23. The molecule has 0 aliphatic carbocycles. The van der Waals surface area contributed by atoms with E-state index in [4.69, 9.17) is 16.6 Å². The molecule has 0 unspecified atom stereocenters. The number of nitrogens with one attached hydrogen (secondary N) is 2. The molecule has 2 N–H and O–H groups in total. The molecule has 2 aromatic heterocycles. The van der Waals surface area contributed by atoms with E-state index in [1.165, 1.54) is 6.07 Å². The Kier molecular flexibility index (Phi) is 7.11. The van der Waals surface area contributed by atoms with E-state index in [9.17, 15) is 4.39 Å². The van der Waals surface area contributed by atoms with Gasteiger partial charge in [0, 0.05) is 29.4 Å². The van der Waals surface area contributed by atoms with Gasteiger partial charge in [0.15, 0.2) is 5.11 Å². The number of halogens is 2. The number of thiocarbonyl (C=S) groups is 1. The lowest BCUT2D eigenvalue weighted by atomic mass is 10.0. The number of furan rings is 1. The number of rotatable bonds is 8. The molecule has 35 heavy (non-hydrogen) atoms. The maximum Gasteiger partial charge on any atom is 0.170 e. The van der Waals surface area contributed by atoms with Gasteiger partial charge in [0.1, 0.15) is 23.4 Å². The fraction of sp³-hybridized carbons (Fsp3) is 0.185. The quantitative estimate of drug-likeness (QED) is 0.187. The average molecular weight is 551 g/mol. The summed E-state index contributed by atoms with van der Waals surface area (Å²) in [7, 11) is 0. The molecular formula is C27H24BrFN4OS. The monoisotopic (exact) mass is 550 g/mol. The zero-order chi connectivity index (χ0) is 24.2. The van der Waals surface area contributed by atoms with Crippen LogP contribution in [0.4, 0.5) is 10.1 Å². The molecule has 0 bridgehead atoms. The Balaban J connectivity index is 1.39. The van der Waals surface area contributed by atoms with E-state index in [0.717, 1.165) is 30.9 Å². The Bertz CT molecular complexity index is 1300. The lowest BCUT2D eigenvalue weighted by Crippen LogP contribution is -2.31. The number of anilines is 1. The van der Waals surface area contributed by atoms with Crippen LogP contribution in [0.2, 0.25) is 0 Å². The Morgan fingerprint density at radius 2 is 1.89 bits per heavy atom. The predicted molar refractivity (Wildman–Crippen MR) is 144 cm³/mol. The Labute approximate surface area is 217 Å². The van der Waals surface area contributed by atoms with Crippen molar-refractivity contribution in [2.75, 3.05) is 18.4 Å². The summed E-state index contributed by atoms with van der Waals surface area (Å²) < 4.78 is 21.5. The molecule has 4 aromatic rings. The van der Waals surface area contributed by atoms with Crippen molar-refractivity contribution in [3.63, 3.8) is 0 Å². The molecule has 3 heterocycles. The summed E-state index contributed by atoms with van der Waals surface area (Å²) in [6.45, 7) is 1.53. The van der Waals surface area contributed by atoms with Gasteiger partial charge in [-0.15, -0.1) is 0 Å². The first kappa shape index (κ1) is 23.5. The van der Waals surface area contributed by atoms with Crippen LogP contribution in [-0.4, -0.2) is 28.1 Å². The van der Waals surface area contributed by atoms with Crippen molar-refractivity contribution in [1.29, 1.82) is 0 Å². The van der Waals surface area contributed by atoms with Gasteiger partial charge >= 0.3 is 0 Å². The zero-order valence-corrected chi connectivity index (χ0v) is 21.2. The molecule has 0 saturated carbocycles. The second kappa shape index (κ2) is 10.6. The third-order valence-corrected chi connectivity index (χ3v) is 6.84. The second-order valence-corrected chi connectivity index (χ2v) is 9.59. The third kappa shape index (κ3) is 5.23. The van der Waals surface area contributed by atoms with Crippen LogP contribution in [0.3, 0.4) is 0 Å². The van der Waals surface area contributed by atoms with Gasteiger partial charge in [-0.1, -0.05) is 40.2 Å². The lowest BCUT2D eigenvalue weighted by Gasteiger charge is -2.26. The number of benzene rings is 2. The normalized spacial score (nSPS) is 17.4. The van der Waals surface area contributed by atoms with E-state index in [1.807, 2.05) is 60.7 Å². The molecule has 5 nitrogen and oxygen atoms in total. The highest BCUT2D eigenvalue weighted by Gasteiger charge is 2.41. The Morgan fingerprint density at radius 3 is 2.66 bits per heavy atom. The summed E-state index contributed by atoms with van der Waals surface area (Å²) >= 11 is 9.04. The largest absolute Gasteiger partial charge is 0.459 e. The minimum atomic E-state index is -0.342. The SMILES string of the molecule is Fc1cc(Br)ccc1-c1ccc([C@H]2[C@@H](c3ccccn3)NC(=S)N2CCCNc2ccccc2)o1. The summed E-state index contributed by atoms with van der Waals surface area (Å²) in [5.74, 6) is 0.847. The van der Waals surface area contributed by atoms with E-state index in [2.05, 4.69) is 36.4 Å². The molecule has 178 valence electrons. The first-order valence-electron chi connectivity index (χ1n) is 11.4. The number of hydrogen-bond acceptors (Lipinski definition) is 4. The van der Waals surface area contributed by atoms with E-state index in [-0.39, 0.29) is 17.9 Å². The first-order chi connectivity index (χ1) is 17.1. The molecule has 2 aromatic carbocycles. The van der Waals surface area contributed by atoms with E-state index in [1.54, 1.807) is 18.3 Å². The molecule has 5 rings (SSSR count). The van der Waals surface area contributed by atoms with Gasteiger partial charge in [0.2, 0.25) is 0 Å². The summed E-state index contributed by atoms with van der Waals surface area (Å²) in [5, 5.41) is 7.53. The van der Waals surface area contributed by atoms with Gasteiger partial charge in [0.05, 0.1) is 17.3 Å². The first-order valence-corrected chi connectivity index (χ1v) is 12.6. The van der Waals surface area contributed by atoms with Crippen LogP contribution < -0.4 is 10.6 Å². The number of hydrogen-bond donors (Lipinski definition) is 2. The van der Waals surface area contributed by atoms with Crippen LogP contribution in [0.5, 0.6) is 0 Å². The van der Waals surface area contributed by atoms with Crippen molar-refractivity contribution in [1.82, 2.24) is 15.2 Å². The zero-order valence-electron chi connectivity index (χ0n) is 18.8. The molecule has 0 spiro atoms. The Morgan fingerprint density at radius 1 is 1.06 bits per heavy atom. The average Bonchev–Trinajstić information content (AvgIpc) is 3.47. The molecule has 0 amide bonds. The lowest BCUT2D eigenvalue weighted by molar-refractivity contribution is 0.274. The fourth-order valence-electron chi connectivity index (χ4n) is 4.34. The summed E-state index contributed by atoms with van der Waals surface area (Å²) in [6.07, 6.45) is 2.64. The molecule has 0 radical (unpaired) electrons. The summed E-state index contributed by atoms with van der Waals surface area (Å²) in [5.41, 5.74) is 2.38. The molecule has 1 saturated heterocycles. The molecule has 8 heteroatoms. The molecule has 1 aliphatic heterocycles. The van der Waals surface area contributed by atoms with Gasteiger partial charge in [-0.25, -0.2) is 4.39 Å². The van der Waals surface area contributed by atoms with Crippen molar-refractivity contribution < 1.29 is 8.81 Å². The van der Waals surface area contributed by atoms with Crippen LogP contribution in [-0.2, 0) is 0 Å². The van der Waals surface area contributed by atoms with E-state index < -0.39 is 0 Å². The van der Waals surface area contributed by atoms with Crippen molar-refractivity contribution in [2.24, 2.45) is 0 Å². The highest BCUT2D eigenvalue weighted by Crippen LogP contribution is 2.40. The van der Waals surface area contributed by atoms with Gasteiger partial charge in [-0.2, -0.15) is 0 Å². The molecular weight excluding hydrogens is 527 g/mol. The van der Waals surface area contributed by atoms with E-state index >= 15 is 0 Å². The van der Waals surface area contributed by atoms with Crippen molar-refractivity contribution in [3.8, 4) is 11.3 Å². The summed E-state index contributed by atoms with van der Waals surface area (Å²) in [4.78, 5) is 6.70. The van der Waals surface area contributed by atoms with Crippen LogP contribution in [0, 0.1) is 5.82 Å². The smallest absolute Gasteiger partial charge is 0.170 e. The number of nitrogens with zero attached hydrogens (tertiary/aromatic N) is 2. The standard InChI is InChI=1S/C27H24BrFN4OS/c28-18-10-11-20(21(29)17-18)23-12-13-24(34-23)26-25(22-9-4-5-14-31-22)32-27(35)33(26)16-6-15-30-19-7-2-1-3-8-19/h1-5,7-14,17,25-26,30H,6,15-16H2,(H,32,35)/t25-,26+/m1/s1. The van der Waals surface area contributed by atoms with Crippen LogP contribution in [0.1, 0.15) is 30.0 Å². The minimum absolute atomic E-state index is 0.181. The van der Waals surface area contributed by atoms with Crippen molar-refractivity contribution in [2.45, 2.75) is 18.5 Å². The molecule has 2 atom stereocenters. The van der Waals surface area contributed by atoms with E-state index in [0.29, 0.717) is 26.7 Å². The molecule has 1 fully saturated rings. The fourth-order valence-corrected chi connectivity index (χ4v) is 5.00. The van der Waals surface area contributed by atoms with Gasteiger partial charge in [0.25, 0.3) is 0 Å². The van der Waals surface area contributed by atoms with Crippen LogP contribution in [0.15, 0.2) is 93.9 Å². The highest BCUT2D eigenvalue weighted by atomic mass is 79.9. The van der Waals surface area contributed by atoms with Crippen molar-refractivity contribution >= 4 is 38.9 Å². The number of pyridine rings is 1. The predicted octanol–water partition coefficient (Wildman–Crippen LogP) is 6.72. The van der Waals surface area contributed by atoms with Gasteiger partial charge < -0.3 is 20.0 Å². The minimum Gasteiger partial charge on any atom is -0.459 e. The van der Waals surface area contributed by atoms with Gasteiger partial charge in [-0.3, -0.25) is 4.98 Å².